The molecule has 4 rings (SSSR count). The molecule has 0 fully saturated rings. The molecule has 0 aliphatic rings. The van der Waals surface area contributed by atoms with Gasteiger partial charge in [0.1, 0.15) is 23.1 Å². The Balaban J connectivity index is 1.39. The van der Waals surface area contributed by atoms with Crippen molar-refractivity contribution in [2.24, 2.45) is 0 Å². The fraction of sp³-hybridized carbons (Fsp3) is 0.0870. The first-order valence-electron chi connectivity index (χ1n) is 9.82. The van der Waals surface area contributed by atoms with E-state index in [1.165, 1.54) is 18.2 Å². The summed E-state index contributed by atoms with van der Waals surface area (Å²) in [6.07, 6.45) is 1.61. The van der Waals surface area contributed by atoms with Gasteiger partial charge in [0.2, 0.25) is 0 Å². The molecule has 1 heterocycles. The van der Waals surface area contributed by atoms with Gasteiger partial charge < -0.3 is 25.8 Å². The zero-order valence-electron chi connectivity index (χ0n) is 16.9. The predicted octanol–water partition coefficient (Wildman–Crippen LogP) is 4.61. The Morgan fingerprint density at radius 1 is 0.938 bits per heavy atom. The third kappa shape index (κ3) is 5.46. The number of aromatic nitrogens is 2. The summed E-state index contributed by atoms with van der Waals surface area (Å²) in [6, 6.07) is 17.3. The fourth-order valence-corrected chi connectivity index (χ4v) is 2.93. The molecule has 0 aliphatic carbocycles. The number of hydrogen-bond acceptors (Lipinski definition) is 6. The lowest BCUT2D eigenvalue weighted by atomic mass is 10.2. The first-order chi connectivity index (χ1) is 15.6. The number of carbonyl (C=O) groups is 1. The molecule has 32 heavy (non-hydrogen) atoms. The van der Waals surface area contributed by atoms with Crippen LogP contribution in [0, 0.1) is 5.82 Å². The molecule has 9 heteroatoms. The number of nitrogens with one attached hydrogen (secondary N) is 3. The molecular weight excluding hydrogens is 413 g/mol. The van der Waals surface area contributed by atoms with Crippen LogP contribution in [0.15, 0.2) is 72.9 Å². The molecule has 8 nitrogen and oxygen atoms in total. The van der Waals surface area contributed by atoms with E-state index in [-0.39, 0.29) is 6.61 Å². The zero-order chi connectivity index (χ0) is 22.3. The van der Waals surface area contributed by atoms with Crippen LogP contribution in [0.2, 0.25) is 0 Å². The first kappa shape index (κ1) is 21.0. The van der Waals surface area contributed by atoms with Crippen molar-refractivity contribution in [3.63, 3.8) is 0 Å². The van der Waals surface area contributed by atoms with Crippen molar-refractivity contribution in [3.05, 3.63) is 78.7 Å². The van der Waals surface area contributed by atoms with Gasteiger partial charge in [-0.2, -0.15) is 0 Å². The Labute approximate surface area is 183 Å². The maximum atomic E-state index is 13.2. The minimum Gasteiger partial charge on any atom is -0.457 e. The second-order valence-electron chi connectivity index (χ2n) is 6.77. The van der Waals surface area contributed by atoms with Gasteiger partial charge in [0.25, 0.3) is 0 Å². The SMILES string of the molecule is O=C(Nc1ccc(Oc2ccc3ncc(NCCO)nc3c2)cc1)Nc1cccc(F)c1. The van der Waals surface area contributed by atoms with E-state index in [4.69, 9.17) is 9.84 Å². The Morgan fingerprint density at radius 3 is 2.50 bits per heavy atom. The third-order valence-corrected chi connectivity index (χ3v) is 4.36. The molecule has 0 atom stereocenters. The van der Waals surface area contributed by atoms with Crippen LogP contribution in [0.3, 0.4) is 0 Å². The van der Waals surface area contributed by atoms with Gasteiger partial charge in [0.15, 0.2) is 0 Å². The molecule has 4 N–H and O–H groups in total. The summed E-state index contributed by atoms with van der Waals surface area (Å²) in [5.41, 5.74) is 2.28. The van der Waals surface area contributed by atoms with E-state index in [2.05, 4.69) is 25.9 Å². The smallest absolute Gasteiger partial charge is 0.323 e. The number of benzene rings is 3. The number of hydrogen-bond donors (Lipinski definition) is 4. The quantitative estimate of drug-likeness (QED) is 0.339. The molecule has 2 amide bonds. The van der Waals surface area contributed by atoms with Gasteiger partial charge in [-0.1, -0.05) is 6.07 Å². The first-order valence-corrected chi connectivity index (χ1v) is 9.82. The molecule has 0 unspecified atom stereocenters. The van der Waals surface area contributed by atoms with Gasteiger partial charge in [0, 0.05) is 24.0 Å². The number of urea groups is 1. The number of ether oxygens (including phenoxy) is 1. The molecule has 0 saturated heterocycles. The van der Waals surface area contributed by atoms with Gasteiger partial charge in [-0.15, -0.1) is 0 Å². The number of rotatable bonds is 7. The Kier molecular flexibility index (Phi) is 6.38. The topological polar surface area (TPSA) is 108 Å². The van der Waals surface area contributed by atoms with E-state index in [0.717, 1.165) is 5.52 Å². The van der Waals surface area contributed by atoms with Crippen molar-refractivity contribution in [1.82, 2.24) is 9.97 Å². The molecular formula is C23H20FN5O3. The minimum absolute atomic E-state index is 0.000185. The van der Waals surface area contributed by atoms with E-state index in [9.17, 15) is 9.18 Å². The number of amides is 2. The zero-order valence-corrected chi connectivity index (χ0v) is 16.9. The van der Waals surface area contributed by atoms with Crippen LogP contribution in [0.25, 0.3) is 11.0 Å². The van der Waals surface area contributed by atoms with Crippen LogP contribution >= 0.6 is 0 Å². The molecule has 162 valence electrons. The fourth-order valence-electron chi connectivity index (χ4n) is 2.93. The van der Waals surface area contributed by atoms with Crippen LogP contribution in [-0.2, 0) is 0 Å². The summed E-state index contributed by atoms with van der Waals surface area (Å²) in [5.74, 6) is 1.29. The number of aliphatic hydroxyl groups excluding tert-OH is 1. The van der Waals surface area contributed by atoms with Crippen molar-refractivity contribution in [2.45, 2.75) is 0 Å². The van der Waals surface area contributed by atoms with E-state index < -0.39 is 11.8 Å². The van der Waals surface area contributed by atoms with Crippen molar-refractivity contribution >= 4 is 34.3 Å². The summed E-state index contributed by atoms with van der Waals surface area (Å²) in [4.78, 5) is 20.9. The normalized spacial score (nSPS) is 10.6. The van der Waals surface area contributed by atoms with Gasteiger partial charge in [-0.3, -0.25) is 4.98 Å². The summed E-state index contributed by atoms with van der Waals surface area (Å²) >= 11 is 0. The Bertz CT molecular complexity index is 1230. The second kappa shape index (κ2) is 9.71. The van der Waals surface area contributed by atoms with Gasteiger partial charge in [-0.05, 0) is 54.6 Å². The van der Waals surface area contributed by atoms with Crippen LogP contribution in [0.4, 0.5) is 26.4 Å². The lowest BCUT2D eigenvalue weighted by molar-refractivity contribution is 0.262. The van der Waals surface area contributed by atoms with Gasteiger partial charge >= 0.3 is 6.03 Å². The third-order valence-electron chi connectivity index (χ3n) is 4.36. The number of aliphatic hydroxyl groups is 1. The van der Waals surface area contributed by atoms with Crippen molar-refractivity contribution in [3.8, 4) is 11.5 Å². The summed E-state index contributed by atoms with van der Waals surface area (Å²) in [7, 11) is 0. The van der Waals surface area contributed by atoms with Crippen LogP contribution in [0.1, 0.15) is 0 Å². The number of fused-ring (bicyclic) bond motifs is 1. The molecule has 3 aromatic carbocycles. The van der Waals surface area contributed by atoms with Crippen molar-refractivity contribution < 1.29 is 19.0 Å². The molecule has 0 bridgehead atoms. The predicted molar refractivity (Wildman–Crippen MR) is 121 cm³/mol. The van der Waals surface area contributed by atoms with Crippen molar-refractivity contribution in [1.29, 1.82) is 0 Å². The molecule has 4 aromatic rings. The average molecular weight is 433 g/mol. The summed E-state index contributed by atoms with van der Waals surface area (Å²) < 4.78 is 19.1. The summed E-state index contributed by atoms with van der Waals surface area (Å²) in [5, 5.41) is 17.1. The number of carbonyl (C=O) groups excluding carboxylic acids is 1. The molecule has 0 aliphatic heterocycles. The number of halogens is 1. The average Bonchev–Trinajstić information content (AvgIpc) is 2.78. The summed E-state index contributed by atoms with van der Waals surface area (Å²) in [6.45, 7) is 0.386. The Hall–Kier alpha value is -4.24. The van der Waals surface area contributed by atoms with Gasteiger partial charge in [0.05, 0.1) is 23.8 Å². The monoisotopic (exact) mass is 433 g/mol. The van der Waals surface area contributed by atoms with Gasteiger partial charge in [-0.25, -0.2) is 14.2 Å². The van der Waals surface area contributed by atoms with E-state index in [0.29, 0.717) is 40.8 Å². The Morgan fingerprint density at radius 2 is 1.72 bits per heavy atom. The maximum Gasteiger partial charge on any atom is 0.323 e. The lowest BCUT2D eigenvalue weighted by Gasteiger charge is -2.10. The standard InChI is InChI=1S/C23H20FN5O3/c24-15-2-1-3-17(12-15)28-23(31)27-16-4-6-18(7-5-16)32-19-8-9-20-21(13-19)29-22(14-26-20)25-10-11-30/h1-9,12-14,30H,10-11H2,(H,25,29)(H2,27,28,31). The number of anilines is 3. The number of nitrogens with zero attached hydrogens (tertiary/aromatic N) is 2. The lowest BCUT2D eigenvalue weighted by Crippen LogP contribution is -2.19. The highest BCUT2D eigenvalue weighted by Crippen LogP contribution is 2.26. The van der Waals surface area contributed by atoms with Crippen LogP contribution in [0.5, 0.6) is 11.5 Å². The molecule has 1 aromatic heterocycles. The molecule has 0 saturated carbocycles. The highest BCUT2D eigenvalue weighted by Gasteiger charge is 2.06. The highest BCUT2D eigenvalue weighted by molar-refractivity contribution is 5.99. The van der Waals surface area contributed by atoms with Crippen molar-refractivity contribution in [2.75, 3.05) is 29.1 Å². The van der Waals surface area contributed by atoms with E-state index in [1.807, 2.05) is 0 Å². The van der Waals surface area contributed by atoms with Crippen LogP contribution < -0.4 is 20.7 Å². The highest BCUT2D eigenvalue weighted by atomic mass is 19.1. The second-order valence-corrected chi connectivity index (χ2v) is 6.77. The maximum absolute atomic E-state index is 13.2. The minimum atomic E-state index is -0.483. The molecule has 0 radical (unpaired) electrons. The van der Waals surface area contributed by atoms with E-state index in [1.54, 1.807) is 54.7 Å². The largest absolute Gasteiger partial charge is 0.457 e. The van der Waals surface area contributed by atoms with E-state index >= 15 is 0 Å². The van der Waals surface area contributed by atoms with Crippen LogP contribution in [-0.4, -0.2) is 34.3 Å². The molecule has 0 spiro atoms.